The summed E-state index contributed by atoms with van der Waals surface area (Å²) in [6, 6.07) is 15.2. The van der Waals surface area contributed by atoms with Crippen molar-refractivity contribution in [3.8, 4) is 11.8 Å². The first kappa shape index (κ1) is 16.1. The average molecular weight is 357 g/mol. The van der Waals surface area contributed by atoms with Gasteiger partial charge in [-0.2, -0.15) is 0 Å². The van der Waals surface area contributed by atoms with E-state index in [0.717, 1.165) is 15.7 Å². The molecule has 0 spiro atoms. The number of nitrogens with zero attached hydrogens (tertiary/aromatic N) is 1. The number of amides is 1. The second-order valence-electron chi connectivity index (χ2n) is 4.90. The molecule has 0 unspecified atom stereocenters. The van der Waals surface area contributed by atoms with E-state index in [9.17, 15) is 4.79 Å². The highest BCUT2D eigenvalue weighted by Crippen LogP contribution is 2.16. The molecule has 0 saturated carbocycles. The molecule has 2 rings (SSSR count). The van der Waals surface area contributed by atoms with Gasteiger partial charge in [-0.15, -0.1) is 0 Å². The van der Waals surface area contributed by atoms with Crippen molar-refractivity contribution < 1.29 is 4.79 Å². The minimum absolute atomic E-state index is 0.123. The predicted molar refractivity (Wildman–Crippen MR) is 94.1 cm³/mol. The van der Waals surface area contributed by atoms with Crippen LogP contribution in [0.1, 0.15) is 15.9 Å². The fraction of sp³-hybridized carbons (Fsp3) is 0.167. The fourth-order valence-electron chi connectivity index (χ4n) is 1.94. The molecule has 22 heavy (non-hydrogen) atoms. The molecule has 1 amide bonds. The zero-order valence-corrected chi connectivity index (χ0v) is 14.1. The molecule has 0 aromatic heterocycles. The molecule has 1 N–H and O–H groups in total. The summed E-state index contributed by atoms with van der Waals surface area (Å²) in [6.45, 7) is 0.316. The van der Waals surface area contributed by atoms with Crippen LogP contribution in [0.4, 0.5) is 5.69 Å². The zero-order chi connectivity index (χ0) is 15.9. The third-order valence-corrected chi connectivity index (χ3v) is 3.58. The van der Waals surface area contributed by atoms with Gasteiger partial charge in [0.1, 0.15) is 0 Å². The summed E-state index contributed by atoms with van der Waals surface area (Å²) < 4.78 is 0.948. The van der Waals surface area contributed by atoms with Crippen molar-refractivity contribution in [3.05, 3.63) is 64.1 Å². The van der Waals surface area contributed by atoms with E-state index in [1.807, 2.05) is 55.4 Å². The molecule has 0 aliphatic heterocycles. The number of carbonyl (C=O) groups excluding carboxylic acids is 1. The lowest BCUT2D eigenvalue weighted by atomic mass is 10.1. The number of hydrogen-bond donors (Lipinski definition) is 1. The summed E-state index contributed by atoms with van der Waals surface area (Å²) >= 11 is 3.34. The van der Waals surface area contributed by atoms with E-state index in [1.165, 1.54) is 0 Å². The number of benzene rings is 2. The molecule has 2 aromatic carbocycles. The van der Waals surface area contributed by atoms with Crippen molar-refractivity contribution in [2.75, 3.05) is 25.5 Å². The molecule has 2 aromatic rings. The first-order valence-electron chi connectivity index (χ1n) is 6.87. The maximum absolute atomic E-state index is 11.9. The van der Waals surface area contributed by atoms with Crippen LogP contribution in [0.3, 0.4) is 0 Å². The Hall–Kier alpha value is -2.25. The van der Waals surface area contributed by atoms with Gasteiger partial charge in [-0.25, -0.2) is 0 Å². The number of hydrogen-bond acceptors (Lipinski definition) is 2. The number of para-hydroxylation sites is 1. The molecule has 0 bridgehead atoms. The van der Waals surface area contributed by atoms with Gasteiger partial charge < -0.3 is 10.2 Å². The first-order chi connectivity index (χ1) is 10.6. The SMILES string of the molecule is CN(C)c1ccccc1C#CCNC(=O)c1ccc(Br)cc1. The lowest BCUT2D eigenvalue weighted by Crippen LogP contribution is -2.23. The molecule has 0 radical (unpaired) electrons. The summed E-state index contributed by atoms with van der Waals surface area (Å²) in [5.41, 5.74) is 2.64. The van der Waals surface area contributed by atoms with Crippen LogP contribution in [0.15, 0.2) is 53.0 Å². The minimum Gasteiger partial charge on any atom is -0.377 e. The molecule has 0 heterocycles. The van der Waals surface area contributed by atoms with E-state index < -0.39 is 0 Å². The lowest BCUT2D eigenvalue weighted by Gasteiger charge is -2.13. The van der Waals surface area contributed by atoms with Gasteiger partial charge >= 0.3 is 0 Å². The van der Waals surface area contributed by atoms with Gasteiger partial charge in [0.15, 0.2) is 0 Å². The van der Waals surface area contributed by atoms with E-state index in [0.29, 0.717) is 12.1 Å². The Balaban J connectivity index is 1.97. The highest BCUT2D eigenvalue weighted by molar-refractivity contribution is 9.10. The summed E-state index contributed by atoms with van der Waals surface area (Å²) in [5, 5.41) is 2.80. The fourth-order valence-corrected chi connectivity index (χ4v) is 2.20. The maximum Gasteiger partial charge on any atom is 0.252 e. The van der Waals surface area contributed by atoms with Gasteiger partial charge in [0.05, 0.1) is 12.2 Å². The van der Waals surface area contributed by atoms with Gasteiger partial charge in [0, 0.05) is 29.7 Å². The Kier molecular flexibility index (Phi) is 5.62. The predicted octanol–water partition coefficient (Wildman–Crippen LogP) is 3.30. The third-order valence-electron chi connectivity index (χ3n) is 3.05. The standard InChI is InChI=1S/C18H17BrN2O/c1-21(2)17-8-4-3-6-14(17)7-5-13-20-18(22)15-9-11-16(19)12-10-15/h3-4,6,8-12H,13H2,1-2H3,(H,20,22). The maximum atomic E-state index is 11.9. The van der Waals surface area contributed by atoms with Gasteiger partial charge in [0.25, 0.3) is 5.91 Å². The molecule has 0 fully saturated rings. The molecule has 0 saturated heterocycles. The smallest absolute Gasteiger partial charge is 0.252 e. The molecule has 0 aliphatic carbocycles. The molecular formula is C18H17BrN2O. The topological polar surface area (TPSA) is 32.3 Å². The van der Waals surface area contributed by atoms with E-state index in [4.69, 9.17) is 0 Å². The summed E-state index contributed by atoms with van der Waals surface area (Å²) in [6.07, 6.45) is 0. The Morgan fingerprint density at radius 3 is 2.50 bits per heavy atom. The molecule has 0 aliphatic rings. The molecule has 4 heteroatoms. The second kappa shape index (κ2) is 7.67. The van der Waals surface area contributed by atoms with Crippen LogP contribution in [0.2, 0.25) is 0 Å². The van der Waals surface area contributed by atoms with Gasteiger partial charge in [0.2, 0.25) is 0 Å². The number of halogens is 1. The first-order valence-corrected chi connectivity index (χ1v) is 7.66. The molecule has 0 atom stereocenters. The van der Waals surface area contributed by atoms with Crippen LogP contribution in [-0.4, -0.2) is 26.5 Å². The monoisotopic (exact) mass is 356 g/mol. The second-order valence-corrected chi connectivity index (χ2v) is 5.82. The average Bonchev–Trinajstić information content (AvgIpc) is 2.52. The number of rotatable bonds is 3. The van der Waals surface area contributed by atoms with E-state index >= 15 is 0 Å². The normalized spacial score (nSPS) is 9.59. The van der Waals surface area contributed by atoms with Crippen molar-refractivity contribution in [2.45, 2.75) is 0 Å². The van der Waals surface area contributed by atoms with Crippen molar-refractivity contribution in [1.29, 1.82) is 0 Å². The van der Waals surface area contributed by atoms with E-state index in [2.05, 4.69) is 33.1 Å². The number of nitrogens with one attached hydrogen (secondary N) is 1. The third kappa shape index (κ3) is 4.37. The van der Waals surface area contributed by atoms with Gasteiger partial charge in [-0.3, -0.25) is 4.79 Å². The molecular weight excluding hydrogens is 340 g/mol. The molecule has 3 nitrogen and oxygen atoms in total. The largest absolute Gasteiger partial charge is 0.377 e. The van der Waals surface area contributed by atoms with E-state index in [1.54, 1.807) is 12.1 Å². The van der Waals surface area contributed by atoms with Crippen molar-refractivity contribution in [3.63, 3.8) is 0 Å². The van der Waals surface area contributed by atoms with Crippen molar-refractivity contribution in [1.82, 2.24) is 5.32 Å². The lowest BCUT2D eigenvalue weighted by molar-refractivity contribution is 0.0958. The summed E-state index contributed by atoms with van der Waals surface area (Å²) in [7, 11) is 3.96. The Morgan fingerprint density at radius 2 is 1.82 bits per heavy atom. The van der Waals surface area contributed by atoms with Gasteiger partial charge in [-0.1, -0.05) is 39.9 Å². The zero-order valence-electron chi connectivity index (χ0n) is 12.6. The molecule has 112 valence electrons. The quantitative estimate of drug-likeness (QED) is 0.855. The van der Waals surface area contributed by atoms with Crippen LogP contribution >= 0.6 is 15.9 Å². The Morgan fingerprint density at radius 1 is 1.14 bits per heavy atom. The van der Waals surface area contributed by atoms with Crippen LogP contribution in [-0.2, 0) is 0 Å². The minimum atomic E-state index is -0.123. The highest BCUT2D eigenvalue weighted by atomic mass is 79.9. The van der Waals surface area contributed by atoms with Crippen LogP contribution in [0, 0.1) is 11.8 Å². The van der Waals surface area contributed by atoms with Crippen LogP contribution < -0.4 is 10.2 Å². The Labute approximate surface area is 139 Å². The van der Waals surface area contributed by atoms with E-state index in [-0.39, 0.29) is 5.91 Å². The highest BCUT2D eigenvalue weighted by Gasteiger charge is 2.03. The van der Waals surface area contributed by atoms with Crippen LogP contribution in [0.25, 0.3) is 0 Å². The van der Waals surface area contributed by atoms with Crippen molar-refractivity contribution >= 4 is 27.5 Å². The van der Waals surface area contributed by atoms with Crippen LogP contribution in [0.5, 0.6) is 0 Å². The number of carbonyl (C=O) groups is 1. The summed E-state index contributed by atoms with van der Waals surface area (Å²) in [5.74, 6) is 5.97. The number of anilines is 1. The van der Waals surface area contributed by atoms with Gasteiger partial charge in [-0.05, 0) is 36.4 Å². The summed E-state index contributed by atoms with van der Waals surface area (Å²) in [4.78, 5) is 14.0. The van der Waals surface area contributed by atoms with Crippen molar-refractivity contribution in [2.24, 2.45) is 0 Å². The Bertz CT molecular complexity index is 712.